The summed E-state index contributed by atoms with van der Waals surface area (Å²) in [7, 11) is 0. The summed E-state index contributed by atoms with van der Waals surface area (Å²) in [5, 5.41) is 4.04. The van der Waals surface area contributed by atoms with Gasteiger partial charge in [-0.15, -0.1) is 0 Å². The molecular formula is C13H18N2O2S. The number of ketones is 1. The Hall–Kier alpha value is -0.840. The van der Waals surface area contributed by atoms with E-state index in [0.29, 0.717) is 11.2 Å². The largest absolute Gasteiger partial charge is 0.361 e. The lowest BCUT2D eigenvalue weighted by Crippen LogP contribution is -2.38. The molecule has 1 aliphatic heterocycles. The Labute approximate surface area is 111 Å². The van der Waals surface area contributed by atoms with E-state index in [1.165, 1.54) is 44.4 Å². The molecule has 18 heavy (non-hydrogen) atoms. The fraction of sp³-hybridized carbons (Fsp3) is 0.769. The molecule has 98 valence electrons. The number of thioether (sulfide) groups is 1. The maximum Gasteiger partial charge on any atom is 0.272 e. The maximum absolute atomic E-state index is 11.8. The molecule has 3 rings (SSSR count). The third kappa shape index (κ3) is 1.79. The first-order chi connectivity index (χ1) is 8.49. The molecule has 0 saturated heterocycles. The summed E-state index contributed by atoms with van der Waals surface area (Å²) in [6.45, 7) is 3.13. The molecule has 5 heteroatoms. The van der Waals surface area contributed by atoms with E-state index in [-0.39, 0.29) is 11.7 Å². The summed E-state index contributed by atoms with van der Waals surface area (Å²) in [5.74, 6) is 1.16. The zero-order valence-corrected chi connectivity index (χ0v) is 11.5. The maximum atomic E-state index is 11.8. The van der Waals surface area contributed by atoms with Gasteiger partial charge in [0.25, 0.3) is 5.91 Å². The smallest absolute Gasteiger partial charge is 0.272 e. The number of carbonyl (C=O) groups excluding carboxylic acids is 2. The molecule has 0 unspecified atom stereocenters. The number of hydrogen-bond donors (Lipinski definition) is 1. The van der Waals surface area contributed by atoms with Crippen molar-refractivity contribution in [2.75, 3.05) is 0 Å². The summed E-state index contributed by atoms with van der Waals surface area (Å²) in [4.78, 5) is 27.4. The van der Waals surface area contributed by atoms with Crippen LogP contribution >= 0.6 is 11.8 Å². The minimum Gasteiger partial charge on any atom is -0.361 e. The molecule has 1 amide bonds. The highest BCUT2D eigenvalue weighted by Gasteiger charge is 2.47. The highest BCUT2D eigenvalue weighted by molar-refractivity contribution is 8.16. The van der Waals surface area contributed by atoms with Crippen LogP contribution in [0.25, 0.3) is 0 Å². The number of amides is 1. The lowest BCUT2D eigenvalue weighted by molar-refractivity contribution is -0.127. The first-order valence-corrected chi connectivity index (χ1v) is 7.40. The number of nitrogens with zero attached hydrogens (tertiary/aromatic N) is 1. The Bertz CT molecular complexity index is 448. The number of hydrogen-bond acceptors (Lipinski definition) is 4. The topological polar surface area (TPSA) is 58.5 Å². The Balaban J connectivity index is 1.67. The van der Waals surface area contributed by atoms with Crippen molar-refractivity contribution in [3.8, 4) is 0 Å². The second-order valence-corrected chi connectivity index (χ2v) is 7.25. The average Bonchev–Trinajstić information content (AvgIpc) is 2.95. The predicted molar refractivity (Wildman–Crippen MR) is 71.5 cm³/mol. The number of Topliss-reactive ketones (excluding diaryl/α,β-unsaturated/α-hetero) is 1. The van der Waals surface area contributed by atoms with Gasteiger partial charge in [0.05, 0.1) is 0 Å². The number of amidine groups is 1. The van der Waals surface area contributed by atoms with E-state index >= 15 is 0 Å². The number of nitrogens with one attached hydrogen (secondary N) is 1. The standard InChI is InChI=1S/C13H18N2O2S/c1-7(16)13(2)11(17)15-12(18-13)14-10-6-8-3-4-9(10)5-8/h8-10H,3-6H2,1-2H3,(H,14,15,17)/t8-,9+,10+,13-/m1/s1. The lowest BCUT2D eigenvalue weighted by atomic mass is 9.96. The van der Waals surface area contributed by atoms with Gasteiger partial charge in [-0.3, -0.25) is 9.59 Å². The fourth-order valence-electron chi connectivity index (χ4n) is 3.32. The van der Waals surface area contributed by atoms with E-state index in [0.717, 1.165) is 11.8 Å². The number of aliphatic imine (C=N–C) groups is 1. The molecule has 0 radical (unpaired) electrons. The molecule has 0 aromatic rings. The molecule has 3 aliphatic rings. The summed E-state index contributed by atoms with van der Waals surface area (Å²) < 4.78 is -1.00. The molecule has 2 fully saturated rings. The van der Waals surface area contributed by atoms with Crippen LogP contribution < -0.4 is 5.32 Å². The minimum atomic E-state index is -1.00. The van der Waals surface area contributed by atoms with E-state index < -0.39 is 4.75 Å². The van der Waals surface area contributed by atoms with Gasteiger partial charge in [0, 0.05) is 6.04 Å². The molecule has 2 bridgehead atoms. The number of rotatable bonds is 2. The van der Waals surface area contributed by atoms with E-state index in [1.54, 1.807) is 6.92 Å². The summed E-state index contributed by atoms with van der Waals surface area (Å²) >= 11 is 1.28. The van der Waals surface area contributed by atoms with Gasteiger partial charge in [-0.05, 0) is 44.9 Å². The first-order valence-electron chi connectivity index (χ1n) is 6.59. The predicted octanol–water partition coefficient (Wildman–Crippen LogP) is 1.74. The van der Waals surface area contributed by atoms with Crippen LogP contribution in [0.4, 0.5) is 0 Å². The van der Waals surface area contributed by atoms with Crippen LogP contribution in [0.15, 0.2) is 4.99 Å². The third-order valence-electron chi connectivity index (χ3n) is 4.63. The van der Waals surface area contributed by atoms with E-state index in [9.17, 15) is 9.59 Å². The number of carbonyl (C=O) groups is 2. The van der Waals surface area contributed by atoms with Crippen molar-refractivity contribution in [2.45, 2.75) is 50.3 Å². The Morgan fingerprint density at radius 1 is 1.44 bits per heavy atom. The van der Waals surface area contributed by atoms with Gasteiger partial charge in [-0.25, -0.2) is 0 Å². The van der Waals surface area contributed by atoms with E-state index in [4.69, 9.17) is 0 Å². The Morgan fingerprint density at radius 2 is 2.22 bits per heavy atom. The van der Waals surface area contributed by atoms with Crippen molar-refractivity contribution in [3.05, 3.63) is 0 Å². The molecule has 1 heterocycles. The van der Waals surface area contributed by atoms with Crippen molar-refractivity contribution in [2.24, 2.45) is 16.8 Å². The molecule has 0 aromatic carbocycles. The van der Waals surface area contributed by atoms with Crippen molar-refractivity contribution in [1.29, 1.82) is 0 Å². The summed E-state index contributed by atoms with van der Waals surface area (Å²) in [6.07, 6.45) is 5.15. The van der Waals surface area contributed by atoms with Crippen LogP contribution in [0, 0.1) is 11.8 Å². The molecule has 2 saturated carbocycles. The van der Waals surface area contributed by atoms with Crippen LogP contribution in [0.3, 0.4) is 0 Å². The average molecular weight is 266 g/mol. The number of fused-ring (bicyclic) bond motifs is 2. The van der Waals surface area contributed by atoms with Gasteiger partial charge in [-0.2, -0.15) is 4.99 Å². The Morgan fingerprint density at radius 3 is 2.72 bits per heavy atom. The molecule has 0 aromatic heterocycles. The highest BCUT2D eigenvalue weighted by atomic mass is 32.2. The third-order valence-corrected chi connectivity index (χ3v) is 5.90. The quantitative estimate of drug-likeness (QED) is 0.773. The highest BCUT2D eigenvalue weighted by Crippen LogP contribution is 2.45. The molecule has 4 nitrogen and oxygen atoms in total. The molecule has 0 spiro atoms. The zero-order valence-electron chi connectivity index (χ0n) is 10.7. The summed E-state index contributed by atoms with van der Waals surface area (Å²) in [6, 6.07) is 0.456. The van der Waals surface area contributed by atoms with Gasteiger partial charge in [0.15, 0.2) is 15.7 Å². The van der Waals surface area contributed by atoms with Crippen LogP contribution in [-0.2, 0) is 9.59 Å². The minimum absolute atomic E-state index is 0.119. The van der Waals surface area contributed by atoms with Crippen LogP contribution in [0.5, 0.6) is 0 Å². The van der Waals surface area contributed by atoms with Crippen LogP contribution in [0.2, 0.25) is 0 Å². The van der Waals surface area contributed by atoms with Gasteiger partial charge in [0.1, 0.15) is 0 Å². The Kier molecular flexibility index (Phi) is 2.77. The lowest BCUT2D eigenvalue weighted by Gasteiger charge is -2.24. The van der Waals surface area contributed by atoms with Gasteiger partial charge < -0.3 is 5.32 Å². The summed E-state index contributed by atoms with van der Waals surface area (Å²) in [5.41, 5.74) is 0. The molecular weight excluding hydrogens is 248 g/mol. The SMILES string of the molecule is CC(=O)[C@@]1(C)SC(N[C@H]2C[C@@H]3CC[C@H]2C3)=NC1=O. The normalized spacial score (nSPS) is 42.2. The molecule has 4 atom stereocenters. The van der Waals surface area contributed by atoms with Crippen LogP contribution in [-0.4, -0.2) is 27.6 Å². The van der Waals surface area contributed by atoms with Gasteiger partial charge in [0.2, 0.25) is 0 Å². The van der Waals surface area contributed by atoms with E-state index in [1.807, 2.05) is 0 Å². The zero-order chi connectivity index (χ0) is 12.9. The van der Waals surface area contributed by atoms with Crippen molar-refractivity contribution < 1.29 is 9.59 Å². The fourth-order valence-corrected chi connectivity index (χ4v) is 4.33. The molecule has 1 N–H and O–H groups in total. The van der Waals surface area contributed by atoms with Gasteiger partial charge >= 0.3 is 0 Å². The van der Waals surface area contributed by atoms with Gasteiger partial charge in [-0.1, -0.05) is 18.2 Å². The second-order valence-electron chi connectivity index (χ2n) is 5.84. The van der Waals surface area contributed by atoms with Crippen molar-refractivity contribution in [1.82, 2.24) is 5.32 Å². The van der Waals surface area contributed by atoms with Crippen molar-refractivity contribution in [3.63, 3.8) is 0 Å². The first kappa shape index (κ1) is 12.2. The second kappa shape index (κ2) is 4.08. The van der Waals surface area contributed by atoms with E-state index in [2.05, 4.69) is 10.3 Å². The van der Waals surface area contributed by atoms with Crippen molar-refractivity contribution >= 4 is 28.6 Å². The van der Waals surface area contributed by atoms with Crippen LogP contribution in [0.1, 0.15) is 39.5 Å². The molecule has 2 aliphatic carbocycles. The monoisotopic (exact) mass is 266 g/mol.